The Hall–Kier alpha value is -0.910. The van der Waals surface area contributed by atoms with Gasteiger partial charge in [0.1, 0.15) is 0 Å². The number of carboxylic acids is 1. The van der Waals surface area contributed by atoms with E-state index in [0.717, 1.165) is 19.3 Å². The fourth-order valence-corrected chi connectivity index (χ4v) is 0.775. The molecule has 0 saturated carbocycles. The average molecular weight is 264 g/mol. The van der Waals surface area contributed by atoms with Crippen LogP contribution in [0.5, 0.6) is 0 Å². The fraction of sp³-hybridized carbons (Fsp3) is 0.769. The molecule has 3 N–H and O–H groups in total. The topological polar surface area (TPSA) is 87.0 Å². The summed E-state index contributed by atoms with van der Waals surface area (Å²) < 4.78 is 5.18. The highest BCUT2D eigenvalue weighted by molar-refractivity contribution is 5.78. The normalized spacial score (nSPS) is 8.44. The lowest BCUT2D eigenvalue weighted by atomic mass is 10.2. The number of aliphatic hydroxyl groups is 2. The number of rotatable bonds is 8. The van der Waals surface area contributed by atoms with Crippen molar-refractivity contribution in [3.63, 3.8) is 0 Å². The third-order valence-corrected chi connectivity index (χ3v) is 1.62. The van der Waals surface area contributed by atoms with E-state index in [2.05, 4.69) is 13.5 Å². The standard InChI is InChI=1S/C8H18O.C3H4O2.C2H6O2/c1-3-5-6-7-8-9-4-2;1-2-3(4)5;3-1-2-4/h3-8H2,1-2H3;2H,1H2,(H,4,5);3-4H,1-2H2. The van der Waals surface area contributed by atoms with Crippen molar-refractivity contribution in [1.82, 2.24) is 0 Å². The van der Waals surface area contributed by atoms with Crippen LogP contribution in [0.2, 0.25) is 0 Å². The van der Waals surface area contributed by atoms with E-state index in [9.17, 15) is 4.79 Å². The molecule has 0 aromatic carbocycles. The first-order valence-electron chi connectivity index (χ1n) is 6.25. The van der Waals surface area contributed by atoms with Crippen molar-refractivity contribution in [3.05, 3.63) is 12.7 Å². The third kappa shape index (κ3) is 45.8. The first-order valence-corrected chi connectivity index (χ1v) is 6.25. The quantitative estimate of drug-likeness (QED) is 0.460. The van der Waals surface area contributed by atoms with Crippen LogP contribution in [0, 0.1) is 0 Å². The van der Waals surface area contributed by atoms with Crippen molar-refractivity contribution >= 4 is 5.97 Å². The van der Waals surface area contributed by atoms with Gasteiger partial charge in [0, 0.05) is 19.3 Å². The van der Waals surface area contributed by atoms with Crippen molar-refractivity contribution < 1.29 is 24.9 Å². The minimum atomic E-state index is -0.981. The maximum atomic E-state index is 9.25. The summed E-state index contributed by atoms with van der Waals surface area (Å²) in [6.07, 6.45) is 6.07. The molecule has 0 aromatic heterocycles. The Kier molecular flexibility index (Phi) is 31.0. The molecular weight excluding hydrogens is 236 g/mol. The Bertz CT molecular complexity index is 151. The Morgan fingerprint density at radius 3 is 1.94 bits per heavy atom. The lowest BCUT2D eigenvalue weighted by Gasteiger charge is -1.98. The number of hydrogen-bond donors (Lipinski definition) is 3. The van der Waals surface area contributed by atoms with E-state index in [1.165, 1.54) is 25.7 Å². The predicted octanol–water partition coefficient (Wildman–Crippen LogP) is 1.83. The van der Waals surface area contributed by atoms with E-state index in [0.29, 0.717) is 0 Å². The molecule has 0 rings (SSSR count). The smallest absolute Gasteiger partial charge is 0.327 e. The molecule has 5 heteroatoms. The van der Waals surface area contributed by atoms with E-state index < -0.39 is 5.97 Å². The number of hydrogen-bond acceptors (Lipinski definition) is 4. The van der Waals surface area contributed by atoms with E-state index in [1.54, 1.807) is 0 Å². The number of aliphatic hydroxyl groups excluding tert-OH is 2. The van der Waals surface area contributed by atoms with Crippen LogP contribution >= 0.6 is 0 Å². The Morgan fingerprint density at radius 2 is 1.67 bits per heavy atom. The zero-order chi connectivity index (χ0) is 14.6. The van der Waals surface area contributed by atoms with Crippen LogP contribution in [0.3, 0.4) is 0 Å². The fourth-order valence-electron chi connectivity index (χ4n) is 0.775. The molecule has 0 radical (unpaired) electrons. The maximum Gasteiger partial charge on any atom is 0.327 e. The Balaban J connectivity index is -0.000000212. The minimum Gasteiger partial charge on any atom is -0.478 e. The third-order valence-electron chi connectivity index (χ3n) is 1.62. The van der Waals surface area contributed by atoms with Crippen LogP contribution in [-0.2, 0) is 9.53 Å². The molecule has 0 unspecified atom stereocenters. The zero-order valence-electron chi connectivity index (χ0n) is 11.6. The van der Waals surface area contributed by atoms with Gasteiger partial charge < -0.3 is 20.1 Å². The van der Waals surface area contributed by atoms with Crippen LogP contribution < -0.4 is 0 Å². The molecule has 0 atom stereocenters. The highest BCUT2D eigenvalue weighted by Gasteiger charge is 1.85. The zero-order valence-corrected chi connectivity index (χ0v) is 11.6. The summed E-state index contributed by atoms with van der Waals surface area (Å²) >= 11 is 0. The van der Waals surface area contributed by atoms with Crippen molar-refractivity contribution in [2.75, 3.05) is 26.4 Å². The maximum absolute atomic E-state index is 9.25. The van der Waals surface area contributed by atoms with E-state index >= 15 is 0 Å². The molecular formula is C13H28O5. The Morgan fingerprint density at radius 1 is 1.17 bits per heavy atom. The van der Waals surface area contributed by atoms with Gasteiger partial charge in [-0.1, -0.05) is 32.8 Å². The SMILES string of the molecule is C=CC(=O)O.CCCCCCOCC.OCCO. The summed E-state index contributed by atoms with van der Waals surface area (Å²) in [4.78, 5) is 9.25. The van der Waals surface area contributed by atoms with Gasteiger partial charge in [0.2, 0.25) is 0 Å². The summed E-state index contributed by atoms with van der Waals surface area (Å²) in [6, 6.07) is 0. The number of aliphatic carboxylic acids is 1. The van der Waals surface area contributed by atoms with Gasteiger partial charge in [-0.25, -0.2) is 4.79 Å². The highest BCUT2D eigenvalue weighted by atomic mass is 16.5. The van der Waals surface area contributed by atoms with Gasteiger partial charge in [-0.3, -0.25) is 0 Å². The van der Waals surface area contributed by atoms with Gasteiger partial charge in [0.05, 0.1) is 13.2 Å². The summed E-state index contributed by atoms with van der Waals surface area (Å²) in [5.74, 6) is -0.981. The molecule has 0 amide bonds. The van der Waals surface area contributed by atoms with E-state index in [-0.39, 0.29) is 13.2 Å². The van der Waals surface area contributed by atoms with E-state index in [1.807, 2.05) is 6.92 Å². The lowest BCUT2D eigenvalue weighted by Crippen LogP contribution is -1.92. The average Bonchev–Trinajstić information content (AvgIpc) is 2.39. The molecule has 0 aliphatic carbocycles. The second-order valence-corrected chi connectivity index (χ2v) is 3.25. The summed E-state index contributed by atoms with van der Waals surface area (Å²) in [7, 11) is 0. The van der Waals surface area contributed by atoms with Crippen molar-refractivity contribution in [1.29, 1.82) is 0 Å². The first-order chi connectivity index (χ1) is 8.60. The number of unbranched alkanes of at least 4 members (excludes halogenated alkanes) is 3. The number of ether oxygens (including phenoxy) is 1. The molecule has 0 bridgehead atoms. The number of carboxylic acid groups (broad SMARTS) is 1. The Labute approximate surface area is 110 Å². The lowest BCUT2D eigenvalue weighted by molar-refractivity contribution is -0.131. The second-order valence-electron chi connectivity index (χ2n) is 3.25. The van der Waals surface area contributed by atoms with E-state index in [4.69, 9.17) is 20.1 Å². The predicted molar refractivity (Wildman–Crippen MR) is 72.6 cm³/mol. The van der Waals surface area contributed by atoms with Gasteiger partial charge in [-0.05, 0) is 13.3 Å². The largest absolute Gasteiger partial charge is 0.478 e. The van der Waals surface area contributed by atoms with Crippen LogP contribution in [0.4, 0.5) is 0 Å². The molecule has 0 aromatic rings. The van der Waals surface area contributed by atoms with Gasteiger partial charge >= 0.3 is 5.97 Å². The molecule has 0 aliphatic rings. The second kappa shape index (κ2) is 25.1. The molecule has 0 saturated heterocycles. The van der Waals surface area contributed by atoms with Crippen LogP contribution in [0.15, 0.2) is 12.7 Å². The van der Waals surface area contributed by atoms with Crippen molar-refractivity contribution in [2.24, 2.45) is 0 Å². The molecule has 5 nitrogen and oxygen atoms in total. The van der Waals surface area contributed by atoms with Crippen molar-refractivity contribution in [3.8, 4) is 0 Å². The molecule has 0 spiro atoms. The first kappa shape index (κ1) is 22.3. The summed E-state index contributed by atoms with van der Waals surface area (Å²) in [5.41, 5.74) is 0. The highest BCUT2D eigenvalue weighted by Crippen LogP contribution is 1.98. The molecule has 18 heavy (non-hydrogen) atoms. The van der Waals surface area contributed by atoms with Crippen LogP contribution in [0.1, 0.15) is 39.5 Å². The molecule has 0 heterocycles. The van der Waals surface area contributed by atoms with Gasteiger partial charge in [0.25, 0.3) is 0 Å². The van der Waals surface area contributed by atoms with Gasteiger partial charge in [0.15, 0.2) is 0 Å². The van der Waals surface area contributed by atoms with Crippen LogP contribution in [0.25, 0.3) is 0 Å². The number of carbonyl (C=O) groups is 1. The molecule has 0 fully saturated rings. The molecule has 0 aliphatic heterocycles. The minimum absolute atomic E-state index is 0.125. The summed E-state index contributed by atoms with van der Waals surface area (Å²) in [5, 5.41) is 22.9. The van der Waals surface area contributed by atoms with Gasteiger partial charge in [-0.15, -0.1) is 0 Å². The van der Waals surface area contributed by atoms with Gasteiger partial charge in [-0.2, -0.15) is 0 Å². The van der Waals surface area contributed by atoms with Crippen LogP contribution in [-0.4, -0.2) is 47.7 Å². The monoisotopic (exact) mass is 264 g/mol. The summed E-state index contributed by atoms with van der Waals surface area (Å²) in [6.45, 7) is 8.80. The molecule has 110 valence electrons. The van der Waals surface area contributed by atoms with Crippen molar-refractivity contribution in [2.45, 2.75) is 39.5 Å².